The molecule has 0 radical (unpaired) electrons. The van der Waals surface area contributed by atoms with Gasteiger partial charge in [-0.1, -0.05) is 5.21 Å². The fraction of sp³-hybridized carbons (Fsp3) is 0. The van der Waals surface area contributed by atoms with Crippen molar-refractivity contribution >= 4 is 17.3 Å². The van der Waals surface area contributed by atoms with Crippen LogP contribution in [0.1, 0.15) is 5.69 Å². The molecule has 0 unspecified atom stereocenters. The van der Waals surface area contributed by atoms with E-state index in [0.29, 0.717) is 5.69 Å². The molecule has 1 aromatic heterocycles. The molecular formula is C3H3N3OS. The summed E-state index contributed by atoms with van der Waals surface area (Å²) in [6.45, 7) is 0. The van der Waals surface area contributed by atoms with Gasteiger partial charge < -0.3 is 5.11 Å². The van der Waals surface area contributed by atoms with E-state index in [4.69, 9.17) is 5.11 Å². The predicted octanol–water partition coefficient (Wildman–Crippen LogP) is 0.0382. The quantitative estimate of drug-likeness (QED) is 0.525. The Labute approximate surface area is 50.5 Å². The minimum absolute atomic E-state index is 0.237. The largest absolute Gasteiger partial charge is 0.497 e. The molecule has 42 valence electrons. The summed E-state index contributed by atoms with van der Waals surface area (Å²) in [5.74, 6) is 0. The van der Waals surface area contributed by atoms with E-state index in [1.165, 1.54) is 6.20 Å². The summed E-state index contributed by atoms with van der Waals surface area (Å²) >= 11 is 4.35. The van der Waals surface area contributed by atoms with Gasteiger partial charge in [0.05, 0.1) is 6.20 Å². The highest BCUT2D eigenvalue weighted by molar-refractivity contribution is 7.80. The zero-order valence-electron chi connectivity index (χ0n) is 3.83. The summed E-state index contributed by atoms with van der Waals surface area (Å²) in [5.41, 5.74) is 0.306. The van der Waals surface area contributed by atoms with Crippen LogP contribution >= 0.6 is 12.2 Å². The van der Waals surface area contributed by atoms with Crippen LogP contribution in [0.2, 0.25) is 0 Å². The minimum atomic E-state index is -0.237. The zero-order chi connectivity index (χ0) is 5.98. The summed E-state index contributed by atoms with van der Waals surface area (Å²) in [6, 6.07) is 0. The Bertz CT molecular complexity index is 182. The van der Waals surface area contributed by atoms with Gasteiger partial charge in [0.25, 0.3) is 0 Å². The summed E-state index contributed by atoms with van der Waals surface area (Å²) < 4.78 is 0. The number of aromatic amines is 1. The number of nitrogens with zero attached hydrogens (tertiary/aromatic N) is 2. The molecule has 0 bridgehead atoms. The fourth-order valence-electron chi connectivity index (χ4n) is 0.306. The second kappa shape index (κ2) is 1.87. The second-order valence-electron chi connectivity index (χ2n) is 1.16. The molecule has 1 rings (SSSR count). The molecule has 1 heterocycles. The average molecular weight is 129 g/mol. The third-order valence-corrected chi connectivity index (χ3v) is 0.845. The van der Waals surface area contributed by atoms with Crippen molar-refractivity contribution in [2.24, 2.45) is 0 Å². The number of H-pyrrole nitrogens is 1. The van der Waals surface area contributed by atoms with E-state index in [2.05, 4.69) is 27.6 Å². The highest BCUT2D eigenvalue weighted by Crippen LogP contribution is 1.87. The predicted molar refractivity (Wildman–Crippen MR) is 30.7 cm³/mol. The normalized spacial score (nSPS) is 9.00. The van der Waals surface area contributed by atoms with Gasteiger partial charge in [-0.2, -0.15) is 0 Å². The van der Waals surface area contributed by atoms with Crippen LogP contribution in [0.25, 0.3) is 0 Å². The van der Waals surface area contributed by atoms with Crippen LogP contribution in [0.5, 0.6) is 0 Å². The third-order valence-electron chi connectivity index (χ3n) is 0.636. The number of nitrogens with one attached hydrogen (secondary N) is 1. The number of hydrogen-bond acceptors (Lipinski definition) is 3. The standard InChI is InChI=1S/C3H3N3OS/c7-3(8)2-1-4-6-5-2/h1H,(H,7,8)(H,4,5,6). The fourth-order valence-corrected chi connectivity index (χ4v) is 0.406. The highest BCUT2D eigenvalue weighted by atomic mass is 32.1. The van der Waals surface area contributed by atoms with E-state index in [9.17, 15) is 0 Å². The number of aliphatic hydroxyl groups excluding tert-OH is 1. The van der Waals surface area contributed by atoms with Gasteiger partial charge >= 0.3 is 0 Å². The van der Waals surface area contributed by atoms with Gasteiger partial charge in [0.1, 0.15) is 0 Å². The Morgan fingerprint density at radius 3 is 2.88 bits per heavy atom. The van der Waals surface area contributed by atoms with Crippen molar-refractivity contribution in [3.05, 3.63) is 11.9 Å². The van der Waals surface area contributed by atoms with Gasteiger partial charge in [-0.3, -0.25) is 5.10 Å². The van der Waals surface area contributed by atoms with Crippen molar-refractivity contribution in [3.8, 4) is 0 Å². The van der Waals surface area contributed by atoms with Crippen molar-refractivity contribution < 1.29 is 5.11 Å². The summed E-state index contributed by atoms with van der Waals surface area (Å²) in [5, 5.41) is 17.4. The molecule has 0 aliphatic heterocycles. The number of hydrogen-bond donors (Lipinski definition) is 2. The number of aliphatic hydroxyl groups is 1. The smallest absolute Gasteiger partial charge is 0.211 e. The Hall–Kier alpha value is -0.970. The van der Waals surface area contributed by atoms with Crippen LogP contribution in [0.3, 0.4) is 0 Å². The maximum atomic E-state index is 8.52. The van der Waals surface area contributed by atoms with E-state index in [1.807, 2.05) is 0 Å². The molecule has 0 saturated heterocycles. The first-order valence-electron chi connectivity index (χ1n) is 1.90. The molecule has 8 heavy (non-hydrogen) atoms. The molecule has 2 N–H and O–H groups in total. The molecule has 0 aliphatic rings. The lowest BCUT2D eigenvalue weighted by atomic mass is 10.5. The van der Waals surface area contributed by atoms with E-state index in [-0.39, 0.29) is 5.05 Å². The molecule has 0 saturated carbocycles. The lowest BCUT2D eigenvalue weighted by Crippen LogP contribution is -1.93. The molecule has 0 spiro atoms. The Kier molecular flexibility index (Phi) is 1.21. The van der Waals surface area contributed by atoms with Gasteiger partial charge in [-0.05, 0) is 12.2 Å². The molecule has 0 atom stereocenters. The van der Waals surface area contributed by atoms with Crippen LogP contribution in [0.4, 0.5) is 0 Å². The molecular weight excluding hydrogens is 126 g/mol. The van der Waals surface area contributed by atoms with E-state index >= 15 is 0 Å². The molecule has 4 nitrogen and oxygen atoms in total. The van der Waals surface area contributed by atoms with Crippen molar-refractivity contribution in [2.45, 2.75) is 0 Å². The van der Waals surface area contributed by atoms with Crippen LogP contribution in [-0.2, 0) is 0 Å². The lowest BCUT2D eigenvalue weighted by Gasteiger charge is -1.79. The Balaban J connectivity index is 2.93. The number of aromatic nitrogens is 3. The van der Waals surface area contributed by atoms with Gasteiger partial charge in [0.15, 0.2) is 5.69 Å². The molecule has 0 amide bonds. The average Bonchev–Trinajstić information content (AvgIpc) is 2.12. The first kappa shape index (κ1) is 5.17. The van der Waals surface area contributed by atoms with Gasteiger partial charge in [0, 0.05) is 0 Å². The maximum Gasteiger partial charge on any atom is 0.211 e. The van der Waals surface area contributed by atoms with Crippen molar-refractivity contribution in [2.75, 3.05) is 0 Å². The van der Waals surface area contributed by atoms with Gasteiger partial charge in [-0.25, -0.2) is 0 Å². The summed E-state index contributed by atoms with van der Waals surface area (Å²) in [7, 11) is 0. The van der Waals surface area contributed by atoms with E-state index in [1.54, 1.807) is 0 Å². The van der Waals surface area contributed by atoms with E-state index in [0.717, 1.165) is 0 Å². The second-order valence-corrected chi connectivity index (χ2v) is 1.55. The van der Waals surface area contributed by atoms with Crippen LogP contribution in [-0.4, -0.2) is 25.6 Å². The SMILES string of the molecule is OC(=S)c1c[nH]nn1. The van der Waals surface area contributed by atoms with Crippen LogP contribution in [0.15, 0.2) is 6.20 Å². The molecule has 0 fully saturated rings. The summed E-state index contributed by atoms with van der Waals surface area (Å²) in [4.78, 5) is 0. The first-order chi connectivity index (χ1) is 3.80. The first-order valence-corrected chi connectivity index (χ1v) is 2.31. The van der Waals surface area contributed by atoms with Gasteiger partial charge in [-0.15, -0.1) is 5.10 Å². The lowest BCUT2D eigenvalue weighted by molar-refractivity contribution is 0.568. The van der Waals surface area contributed by atoms with E-state index < -0.39 is 0 Å². The third kappa shape index (κ3) is 0.812. The summed E-state index contributed by atoms with van der Waals surface area (Å²) in [6.07, 6.45) is 1.42. The van der Waals surface area contributed by atoms with Crippen molar-refractivity contribution in [1.29, 1.82) is 0 Å². The topological polar surface area (TPSA) is 61.8 Å². The van der Waals surface area contributed by atoms with Crippen LogP contribution < -0.4 is 0 Å². The highest BCUT2D eigenvalue weighted by Gasteiger charge is 1.97. The Morgan fingerprint density at radius 1 is 1.88 bits per heavy atom. The zero-order valence-corrected chi connectivity index (χ0v) is 4.64. The van der Waals surface area contributed by atoms with Crippen molar-refractivity contribution in [3.63, 3.8) is 0 Å². The van der Waals surface area contributed by atoms with Crippen LogP contribution in [0, 0.1) is 0 Å². The molecule has 0 aromatic carbocycles. The maximum absolute atomic E-state index is 8.52. The van der Waals surface area contributed by atoms with Crippen molar-refractivity contribution in [1.82, 2.24) is 15.4 Å². The number of rotatable bonds is 1. The monoisotopic (exact) mass is 129 g/mol. The molecule has 5 heteroatoms. The Morgan fingerprint density at radius 2 is 2.62 bits per heavy atom. The minimum Gasteiger partial charge on any atom is -0.497 e. The molecule has 0 aliphatic carbocycles. The number of thiocarbonyl (C=S) groups is 1. The molecule has 1 aromatic rings. The van der Waals surface area contributed by atoms with Gasteiger partial charge in [0.2, 0.25) is 5.05 Å².